The molecule has 1 saturated carbocycles. The standard InChI is InChI=1S/C30H41N3O2/c1-20(2)22-10-12-23(13-11-22)31-28-32-25-16-21(9-15-27(34)35-7)8-14-26(25)33(28)24-17-29(3,4)19-30(5,6)18-24/h8,10-14,16,20,24H,9,15,17-19H2,1-7H3,(H,31,32). The molecule has 5 heteroatoms. The Hall–Kier alpha value is -2.82. The van der Waals surface area contributed by atoms with Crippen LogP contribution in [0.3, 0.4) is 0 Å². The fourth-order valence-electron chi connectivity index (χ4n) is 6.16. The Kier molecular flexibility index (Phi) is 6.99. The summed E-state index contributed by atoms with van der Waals surface area (Å²) in [5.74, 6) is 1.21. The molecule has 1 heterocycles. The van der Waals surface area contributed by atoms with Gasteiger partial charge in [0.15, 0.2) is 0 Å². The van der Waals surface area contributed by atoms with Crippen molar-refractivity contribution >= 4 is 28.6 Å². The number of anilines is 2. The lowest BCUT2D eigenvalue weighted by Crippen LogP contribution is -2.35. The van der Waals surface area contributed by atoms with Gasteiger partial charge < -0.3 is 14.6 Å². The number of carbonyl (C=O) groups excluding carboxylic acids is 1. The molecule has 1 aliphatic carbocycles. The number of hydrogen-bond acceptors (Lipinski definition) is 4. The zero-order chi connectivity index (χ0) is 25.4. The highest BCUT2D eigenvalue weighted by atomic mass is 16.5. The van der Waals surface area contributed by atoms with E-state index in [1.54, 1.807) is 0 Å². The van der Waals surface area contributed by atoms with E-state index in [0.717, 1.165) is 41.1 Å². The highest BCUT2D eigenvalue weighted by molar-refractivity contribution is 5.81. The van der Waals surface area contributed by atoms with Gasteiger partial charge in [0.25, 0.3) is 0 Å². The largest absolute Gasteiger partial charge is 0.469 e. The van der Waals surface area contributed by atoms with E-state index in [1.165, 1.54) is 19.1 Å². The van der Waals surface area contributed by atoms with E-state index in [1.807, 2.05) is 0 Å². The second-order valence-corrected chi connectivity index (χ2v) is 12.2. The van der Waals surface area contributed by atoms with Crippen LogP contribution >= 0.6 is 0 Å². The summed E-state index contributed by atoms with van der Waals surface area (Å²) in [6, 6.07) is 15.5. The summed E-state index contributed by atoms with van der Waals surface area (Å²) in [5.41, 5.74) is 6.12. The van der Waals surface area contributed by atoms with Gasteiger partial charge in [-0.2, -0.15) is 0 Å². The molecule has 0 radical (unpaired) electrons. The number of imidazole rings is 1. The van der Waals surface area contributed by atoms with E-state index in [0.29, 0.717) is 24.8 Å². The molecule has 1 fully saturated rings. The van der Waals surface area contributed by atoms with Gasteiger partial charge in [0.05, 0.1) is 18.1 Å². The molecule has 4 rings (SSSR count). The summed E-state index contributed by atoms with van der Waals surface area (Å²) < 4.78 is 7.25. The van der Waals surface area contributed by atoms with E-state index >= 15 is 0 Å². The molecule has 0 amide bonds. The summed E-state index contributed by atoms with van der Waals surface area (Å²) in [6.07, 6.45) is 4.49. The molecular weight excluding hydrogens is 434 g/mol. The molecule has 3 aromatic rings. The Bertz CT molecular complexity index is 1170. The van der Waals surface area contributed by atoms with Gasteiger partial charge in [-0.15, -0.1) is 0 Å². The van der Waals surface area contributed by atoms with E-state index in [4.69, 9.17) is 9.72 Å². The van der Waals surface area contributed by atoms with Crippen LogP contribution in [0.2, 0.25) is 0 Å². The molecule has 1 N–H and O–H groups in total. The number of aryl methyl sites for hydroxylation is 1. The summed E-state index contributed by atoms with van der Waals surface area (Å²) in [6.45, 7) is 14.0. The average Bonchev–Trinajstić information content (AvgIpc) is 3.12. The number of nitrogens with zero attached hydrogens (tertiary/aromatic N) is 2. The number of esters is 1. The van der Waals surface area contributed by atoms with Crippen LogP contribution in [0, 0.1) is 10.8 Å². The van der Waals surface area contributed by atoms with Gasteiger partial charge in [-0.3, -0.25) is 4.79 Å². The number of aromatic nitrogens is 2. The minimum atomic E-state index is -0.186. The molecule has 5 nitrogen and oxygen atoms in total. The number of ether oxygens (including phenoxy) is 1. The van der Waals surface area contributed by atoms with Crippen LogP contribution in [-0.4, -0.2) is 22.6 Å². The third-order valence-electron chi connectivity index (χ3n) is 7.33. The first kappa shape index (κ1) is 25.3. The zero-order valence-electron chi connectivity index (χ0n) is 22.4. The Balaban J connectivity index is 1.74. The lowest BCUT2D eigenvalue weighted by molar-refractivity contribution is -0.140. The maximum absolute atomic E-state index is 11.7. The fraction of sp³-hybridized carbons (Fsp3) is 0.533. The molecule has 0 spiro atoms. The van der Waals surface area contributed by atoms with Gasteiger partial charge in [0.1, 0.15) is 0 Å². The number of hydrogen-bond donors (Lipinski definition) is 1. The Morgan fingerprint density at radius 1 is 1.09 bits per heavy atom. The third kappa shape index (κ3) is 5.88. The van der Waals surface area contributed by atoms with Crippen LogP contribution in [0.1, 0.15) is 90.3 Å². The van der Waals surface area contributed by atoms with Crippen molar-refractivity contribution in [2.75, 3.05) is 12.4 Å². The van der Waals surface area contributed by atoms with Crippen LogP contribution < -0.4 is 5.32 Å². The van der Waals surface area contributed by atoms with Crippen LogP contribution in [0.15, 0.2) is 42.5 Å². The van der Waals surface area contributed by atoms with Crippen LogP contribution in [-0.2, 0) is 16.0 Å². The maximum Gasteiger partial charge on any atom is 0.305 e. The van der Waals surface area contributed by atoms with Crippen molar-refractivity contribution in [3.8, 4) is 0 Å². The summed E-state index contributed by atoms with van der Waals surface area (Å²) in [5, 5.41) is 3.64. The first-order chi connectivity index (χ1) is 16.5. The van der Waals surface area contributed by atoms with Gasteiger partial charge in [0, 0.05) is 18.2 Å². The fourth-order valence-corrected chi connectivity index (χ4v) is 6.16. The minimum Gasteiger partial charge on any atom is -0.469 e. The van der Waals surface area contributed by atoms with Crippen LogP contribution in [0.5, 0.6) is 0 Å². The number of carbonyl (C=O) groups is 1. The van der Waals surface area contributed by atoms with Gasteiger partial charge >= 0.3 is 5.97 Å². The molecule has 1 aromatic heterocycles. The normalized spacial score (nSPS) is 17.6. The van der Waals surface area contributed by atoms with Crippen molar-refractivity contribution in [3.63, 3.8) is 0 Å². The smallest absolute Gasteiger partial charge is 0.305 e. The van der Waals surface area contributed by atoms with Gasteiger partial charge in [-0.25, -0.2) is 4.98 Å². The molecule has 2 aromatic carbocycles. The van der Waals surface area contributed by atoms with Crippen LogP contribution in [0.4, 0.5) is 11.6 Å². The molecule has 0 saturated heterocycles. The topological polar surface area (TPSA) is 56.1 Å². The minimum absolute atomic E-state index is 0.186. The maximum atomic E-state index is 11.7. The predicted molar refractivity (Wildman–Crippen MR) is 144 cm³/mol. The van der Waals surface area contributed by atoms with E-state index in [9.17, 15) is 4.79 Å². The molecular formula is C30H41N3O2. The molecule has 188 valence electrons. The Morgan fingerprint density at radius 2 is 1.74 bits per heavy atom. The number of fused-ring (bicyclic) bond motifs is 1. The number of benzene rings is 2. The SMILES string of the molecule is COC(=O)CCc1ccc2c(c1)nc(Nc1ccc(C(C)C)cc1)n2C1CC(C)(C)CC(C)(C)C1. The number of methoxy groups -OCH3 is 1. The quantitative estimate of drug-likeness (QED) is 0.354. The molecule has 35 heavy (non-hydrogen) atoms. The lowest BCUT2D eigenvalue weighted by atomic mass is 9.63. The highest BCUT2D eigenvalue weighted by Gasteiger charge is 2.40. The molecule has 0 atom stereocenters. The van der Waals surface area contributed by atoms with Crippen molar-refractivity contribution in [1.29, 1.82) is 0 Å². The third-order valence-corrected chi connectivity index (χ3v) is 7.33. The second kappa shape index (κ2) is 9.67. The van der Waals surface area contributed by atoms with Crippen molar-refractivity contribution in [2.24, 2.45) is 10.8 Å². The summed E-state index contributed by atoms with van der Waals surface area (Å²) in [7, 11) is 1.44. The Labute approximate surface area is 210 Å². The monoisotopic (exact) mass is 475 g/mol. The number of nitrogens with one attached hydrogen (secondary N) is 1. The Morgan fingerprint density at radius 3 is 2.34 bits per heavy atom. The van der Waals surface area contributed by atoms with E-state index in [-0.39, 0.29) is 16.8 Å². The predicted octanol–water partition coefficient (Wildman–Crippen LogP) is 7.79. The van der Waals surface area contributed by atoms with Crippen LogP contribution in [0.25, 0.3) is 11.0 Å². The summed E-state index contributed by atoms with van der Waals surface area (Å²) in [4.78, 5) is 16.7. The molecule has 0 bridgehead atoms. The summed E-state index contributed by atoms with van der Waals surface area (Å²) >= 11 is 0. The first-order valence-electron chi connectivity index (χ1n) is 12.9. The highest BCUT2D eigenvalue weighted by Crippen LogP contribution is 2.51. The van der Waals surface area contributed by atoms with Gasteiger partial charge in [-0.05, 0) is 77.8 Å². The van der Waals surface area contributed by atoms with Crippen molar-refractivity contribution in [2.45, 2.75) is 85.6 Å². The number of rotatable bonds is 7. The van der Waals surface area contributed by atoms with Gasteiger partial charge in [-0.1, -0.05) is 59.7 Å². The molecule has 0 aliphatic heterocycles. The second-order valence-electron chi connectivity index (χ2n) is 12.2. The lowest BCUT2D eigenvalue weighted by Gasteiger charge is -2.45. The molecule has 1 aliphatic rings. The van der Waals surface area contributed by atoms with E-state index < -0.39 is 0 Å². The van der Waals surface area contributed by atoms with Crippen molar-refractivity contribution in [3.05, 3.63) is 53.6 Å². The van der Waals surface area contributed by atoms with Gasteiger partial charge in [0.2, 0.25) is 5.95 Å². The van der Waals surface area contributed by atoms with E-state index in [2.05, 4.69) is 93.9 Å². The average molecular weight is 476 g/mol. The van der Waals surface area contributed by atoms with Crippen molar-refractivity contribution < 1.29 is 9.53 Å². The molecule has 0 unspecified atom stereocenters. The first-order valence-corrected chi connectivity index (χ1v) is 12.9. The zero-order valence-corrected chi connectivity index (χ0v) is 22.4. The van der Waals surface area contributed by atoms with Crippen molar-refractivity contribution in [1.82, 2.24) is 9.55 Å².